The van der Waals surface area contributed by atoms with Crippen molar-refractivity contribution >= 4 is 44.9 Å². The molecule has 7 nitrogen and oxygen atoms in total. The van der Waals surface area contributed by atoms with Crippen molar-refractivity contribution in [2.75, 3.05) is 24.1 Å². The van der Waals surface area contributed by atoms with Gasteiger partial charge in [0.15, 0.2) is 0 Å². The van der Waals surface area contributed by atoms with E-state index in [1.54, 1.807) is 4.90 Å². The van der Waals surface area contributed by atoms with Crippen molar-refractivity contribution in [1.29, 1.82) is 0 Å². The Morgan fingerprint density at radius 3 is 2.27 bits per heavy atom. The number of carbonyl (C=O) groups is 2. The number of aromatic nitrogens is 1. The normalized spacial score (nSPS) is 13.7. The summed E-state index contributed by atoms with van der Waals surface area (Å²) in [5.41, 5.74) is 12.7. The molecule has 1 fully saturated rings. The zero-order chi connectivity index (χ0) is 28.3. The van der Waals surface area contributed by atoms with Gasteiger partial charge in [-0.2, -0.15) is 0 Å². The first-order valence-electron chi connectivity index (χ1n) is 13.6. The number of pyridine rings is 1. The van der Waals surface area contributed by atoms with E-state index in [1.165, 1.54) is 16.9 Å². The number of likely N-dealkylation sites (tertiary alicyclic amines) is 1. The van der Waals surface area contributed by atoms with Crippen LogP contribution in [0.1, 0.15) is 28.1 Å². The average Bonchev–Trinajstić information content (AvgIpc) is 3.34. The van der Waals surface area contributed by atoms with Gasteiger partial charge in [0.05, 0.1) is 11.4 Å². The molecular weight excluding hydrogens is 532 g/mol. The topological polar surface area (TPSA) is 97.6 Å². The first-order chi connectivity index (χ1) is 20.0. The van der Waals surface area contributed by atoms with Crippen molar-refractivity contribution in [3.8, 4) is 22.4 Å². The second-order valence-corrected chi connectivity index (χ2v) is 11.2. The van der Waals surface area contributed by atoms with Crippen molar-refractivity contribution in [3.63, 3.8) is 0 Å². The fourth-order valence-corrected chi connectivity index (χ4v) is 6.10. The molecule has 41 heavy (non-hydrogen) atoms. The minimum absolute atomic E-state index is 0.154. The van der Waals surface area contributed by atoms with E-state index in [4.69, 9.17) is 15.5 Å². The number of nitrogen functional groups attached to an aromatic ring is 1. The fraction of sp³-hybridized carbons (Fsp3) is 0.182. The van der Waals surface area contributed by atoms with Crippen LogP contribution < -0.4 is 11.1 Å². The van der Waals surface area contributed by atoms with Crippen LogP contribution in [0.2, 0.25) is 0 Å². The minimum Gasteiger partial charge on any atom is -0.458 e. The number of aryl methyl sites for hydroxylation is 1. The lowest BCUT2D eigenvalue weighted by molar-refractivity contribution is 0.0164. The smallest absolute Gasteiger partial charge is 0.350 e. The summed E-state index contributed by atoms with van der Waals surface area (Å²) in [4.78, 5) is 33.7. The molecule has 0 unspecified atom stereocenters. The Bertz CT molecular complexity index is 1690. The van der Waals surface area contributed by atoms with E-state index in [2.05, 4.69) is 36.5 Å². The number of nitrogens with two attached hydrogens (primary N) is 1. The number of hydrogen-bond acceptors (Lipinski definition) is 6. The molecule has 3 N–H and O–H groups in total. The van der Waals surface area contributed by atoms with Crippen LogP contribution in [-0.4, -0.2) is 41.1 Å². The number of rotatable bonds is 5. The molecule has 0 aliphatic carbocycles. The molecule has 206 valence electrons. The van der Waals surface area contributed by atoms with Crippen LogP contribution in [0.4, 0.5) is 16.2 Å². The molecule has 0 spiro atoms. The van der Waals surface area contributed by atoms with Crippen LogP contribution in [0.3, 0.4) is 0 Å². The number of para-hydroxylation sites is 1. The molecule has 0 radical (unpaired) electrons. The van der Waals surface area contributed by atoms with Gasteiger partial charge < -0.3 is 20.7 Å². The summed E-state index contributed by atoms with van der Waals surface area (Å²) in [6.45, 7) is 3.05. The third-order valence-corrected chi connectivity index (χ3v) is 8.42. The number of carbonyl (C=O) groups excluding carboxylic acids is 2. The standard InChI is InChI=1S/C33H30N4O3S/c1-21-12-14-23(15-13-21)27-20-26(22-8-4-2-5-9-22)28-29(34)30(41-31(28)36-27)32(38)40-25-16-18-37(19-17-25)33(39)35-24-10-6-3-7-11-24/h2-15,20,25H,16-19,34H2,1H3,(H,35,39). The Kier molecular flexibility index (Phi) is 7.39. The van der Waals surface area contributed by atoms with Crippen molar-refractivity contribution < 1.29 is 14.3 Å². The van der Waals surface area contributed by atoms with Gasteiger partial charge in [-0.3, -0.25) is 0 Å². The third kappa shape index (κ3) is 5.64. The lowest BCUT2D eigenvalue weighted by Gasteiger charge is -2.31. The van der Waals surface area contributed by atoms with Crippen LogP contribution in [0.25, 0.3) is 32.6 Å². The highest BCUT2D eigenvalue weighted by Crippen LogP contribution is 2.41. The second kappa shape index (κ2) is 11.4. The van der Waals surface area contributed by atoms with Crippen molar-refractivity contribution in [1.82, 2.24) is 9.88 Å². The SMILES string of the molecule is Cc1ccc(-c2cc(-c3ccccc3)c3c(N)c(C(=O)OC4CCN(C(=O)Nc5ccccc5)CC4)sc3n2)cc1. The van der Waals surface area contributed by atoms with Gasteiger partial charge >= 0.3 is 12.0 Å². The van der Waals surface area contributed by atoms with Crippen LogP contribution in [0.5, 0.6) is 0 Å². The monoisotopic (exact) mass is 562 g/mol. The summed E-state index contributed by atoms with van der Waals surface area (Å²) < 4.78 is 5.91. The Morgan fingerprint density at radius 2 is 1.59 bits per heavy atom. The maximum Gasteiger partial charge on any atom is 0.350 e. The number of anilines is 2. The van der Waals surface area contributed by atoms with Gasteiger partial charge in [0.2, 0.25) is 0 Å². The molecule has 1 aliphatic heterocycles. The highest BCUT2D eigenvalue weighted by Gasteiger charge is 2.28. The summed E-state index contributed by atoms with van der Waals surface area (Å²) in [6, 6.07) is 29.5. The summed E-state index contributed by atoms with van der Waals surface area (Å²) in [6.07, 6.45) is 0.825. The molecule has 1 aliphatic rings. The van der Waals surface area contributed by atoms with Gasteiger partial charge in [0.25, 0.3) is 0 Å². The van der Waals surface area contributed by atoms with Gasteiger partial charge in [-0.25, -0.2) is 14.6 Å². The molecule has 1 saturated heterocycles. The van der Waals surface area contributed by atoms with E-state index >= 15 is 0 Å². The first-order valence-corrected chi connectivity index (χ1v) is 14.5. The van der Waals surface area contributed by atoms with Crippen molar-refractivity contribution in [2.24, 2.45) is 0 Å². The zero-order valence-corrected chi connectivity index (χ0v) is 23.5. The van der Waals surface area contributed by atoms with Gasteiger partial charge in [0.1, 0.15) is 15.8 Å². The molecule has 2 amide bonds. The summed E-state index contributed by atoms with van der Waals surface area (Å²) in [5.74, 6) is -0.450. The summed E-state index contributed by atoms with van der Waals surface area (Å²) in [5, 5.41) is 3.67. The largest absolute Gasteiger partial charge is 0.458 e. The molecule has 0 atom stereocenters. The number of benzene rings is 3. The lowest BCUT2D eigenvalue weighted by Crippen LogP contribution is -2.43. The molecule has 3 aromatic carbocycles. The number of hydrogen-bond donors (Lipinski definition) is 2. The molecule has 2 aromatic heterocycles. The van der Waals surface area contributed by atoms with Crippen LogP contribution in [-0.2, 0) is 4.74 Å². The highest BCUT2D eigenvalue weighted by atomic mass is 32.1. The number of fused-ring (bicyclic) bond motifs is 1. The number of nitrogens with zero attached hydrogens (tertiary/aromatic N) is 2. The van der Waals surface area contributed by atoms with Gasteiger partial charge in [0, 0.05) is 42.6 Å². The van der Waals surface area contributed by atoms with Crippen LogP contribution in [0.15, 0.2) is 91.0 Å². The minimum atomic E-state index is -0.450. The van der Waals surface area contributed by atoms with E-state index in [0.29, 0.717) is 41.3 Å². The number of thiophene rings is 1. The van der Waals surface area contributed by atoms with E-state index in [-0.39, 0.29) is 12.1 Å². The van der Waals surface area contributed by atoms with E-state index < -0.39 is 5.97 Å². The van der Waals surface area contributed by atoms with Crippen LogP contribution in [0, 0.1) is 6.92 Å². The predicted molar refractivity (Wildman–Crippen MR) is 165 cm³/mol. The van der Waals surface area contributed by atoms with E-state index in [0.717, 1.165) is 33.5 Å². The summed E-state index contributed by atoms with van der Waals surface area (Å²) in [7, 11) is 0. The molecule has 0 saturated carbocycles. The van der Waals surface area contributed by atoms with E-state index in [1.807, 2.05) is 66.7 Å². The van der Waals surface area contributed by atoms with Gasteiger partial charge in [-0.15, -0.1) is 11.3 Å². The van der Waals surface area contributed by atoms with E-state index in [9.17, 15) is 9.59 Å². The number of esters is 1. The Balaban J connectivity index is 1.22. The summed E-state index contributed by atoms with van der Waals surface area (Å²) >= 11 is 1.26. The number of ether oxygens (including phenoxy) is 1. The van der Waals surface area contributed by atoms with Crippen LogP contribution >= 0.6 is 11.3 Å². The van der Waals surface area contributed by atoms with Gasteiger partial charge in [-0.1, -0.05) is 78.4 Å². The third-order valence-electron chi connectivity index (χ3n) is 7.34. The first kappa shape index (κ1) is 26.5. The fourth-order valence-electron chi connectivity index (χ4n) is 5.10. The Hall–Kier alpha value is -4.69. The van der Waals surface area contributed by atoms with Gasteiger partial charge in [-0.05, 0) is 36.2 Å². The molecule has 0 bridgehead atoms. The number of piperidine rings is 1. The van der Waals surface area contributed by atoms with Crippen molar-refractivity contribution in [2.45, 2.75) is 25.9 Å². The zero-order valence-electron chi connectivity index (χ0n) is 22.7. The maximum absolute atomic E-state index is 13.4. The average molecular weight is 563 g/mol. The molecule has 5 aromatic rings. The van der Waals surface area contributed by atoms with Crippen molar-refractivity contribution in [3.05, 3.63) is 101 Å². The molecular formula is C33H30N4O3S. The lowest BCUT2D eigenvalue weighted by atomic mass is 9.99. The predicted octanol–water partition coefficient (Wildman–Crippen LogP) is 7.37. The molecule has 3 heterocycles. The Labute approximate surface area is 242 Å². The highest BCUT2D eigenvalue weighted by molar-refractivity contribution is 7.21. The Morgan fingerprint density at radius 1 is 0.927 bits per heavy atom. The number of nitrogens with one attached hydrogen (secondary N) is 1. The second-order valence-electron chi connectivity index (χ2n) is 10.2. The quantitative estimate of drug-likeness (QED) is 0.218. The maximum atomic E-state index is 13.4. The number of urea groups is 1. The number of amides is 2. The molecule has 8 heteroatoms. The molecule has 6 rings (SSSR count).